The van der Waals surface area contributed by atoms with Gasteiger partial charge in [-0.1, -0.05) is 35.9 Å². The molecule has 2 amide bonds. The van der Waals surface area contributed by atoms with Crippen LogP contribution in [-0.2, 0) is 24.0 Å². The molecule has 0 aliphatic carbocycles. The Bertz CT molecular complexity index is 2260. The van der Waals surface area contributed by atoms with E-state index in [-0.39, 0.29) is 31.6 Å². The Morgan fingerprint density at radius 3 is 1.94 bits per heavy atom. The number of amides is 2. The summed E-state index contributed by atoms with van der Waals surface area (Å²) in [5, 5.41) is 9.74. The maximum atomic E-state index is 16.5. The van der Waals surface area contributed by atoms with Crippen LogP contribution in [0.25, 0.3) is 11.3 Å². The molecule has 0 saturated carbocycles. The molecule has 2 saturated heterocycles. The molecule has 1 aromatic heterocycles. The Balaban J connectivity index is 1.44. The number of aromatic nitrogens is 1. The maximum absolute atomic E-state index is 16.5. The summed E-state index contributed by atoms with van der Waals surface area (Å²) in [4.78, 5) is 34.3. The summed E-state index contributed by atoms with van der Waals surface area (Å²) in [7, 11) is 2.92. The number of carbonyl (C=O) groups is 2. The van der Waals surface area contributed by atoms with Crippen LogP contribution in [-0.4, -0.2) is 88.7 Å². The number of hydrogen-bond donors (Lipinski definition) is 1. The number of anilines is 1. The zero-order valence-corrected chi connectivity index (χ0v) is 35.1. The van der Waals surface area contributed by atoms with Crippen molar-refractivity contribution < 1.29 is 64.0 Å². The quantitative estimate of drug-likeness (QED) is 0.124. The number of alkyl halides is 6. The minimum atomic E-state index is -5.30. The van der Waals surface area contributed by atoms with Crippen LogP contribution in [0, 0.1) is 18.6 Å². The molecule has 3 aromatic carbocycles. The lowest BCUT2D eigenvalue weighted by molar-refractivity contribution is -0.227. The molecule has 0 spiro atoms. The molecule has 2 aliphatic rings. The summed E-state index contributed by atoms with van der Waals surface area (Å²) >= 11 is 6.45. The van der Waals surface area contributed by atoms with Crippen molar-refractivity contribution in [3.63, 3.8) is 0 Å². The monoisotopic (exact) mass is 898 g/mol. The molecular formula is C43H43ClF8N4O6. The largest absolute Gasteiger partial charge is 0.497 e. The lowest BCUT2D eigenvalue weighted by Gasteiger charge is -2.48. The third-order valence-corrected chi connectivity index (χ3v) is 11.1. The lowest BCUT2D eigenvalue weighted by Crippen LogP contribution is -2.68. The molecule has 2 fully saturated rings. The van der Waals surface area contributed by atoms with Crippen LogP contribution >= 0.6 is 11.6 Å². The zero-order chi connectivity index (χ0) is 45.6. The summed E-state index contributed by atoms with van der Waals surface area (Å²) in [6, 6.07) is 10.1. The number of benzene rings is 3. The average molecular weight is 899 g/mol. The summed E-state index contributed by atoms with van der Waals surface area (Å²) in [6.07, 6.45) is -14.7. The van der Waals surface area contributed by atoms with Gasteiger partial charge >= 0.3 is 18.4 Å². The second-order valence-corrected chi connectivity index (χ2v) is 16.4. The number of carbonyl (C=O) groups excluding carboxylic acids is 2. The number of piperazine rings is 1. The van der Waals surface area contributed by atoms with Crippen LogP contribution in [0.15, 0.2) is 60.7 Å². The minimum Gasteiger partial charge on any atom is -0.497 e. The van der Waals surface area contributed by atoms with Gasteiger partial charge in [-0.3, -0.25) is 9.69 Å². The molecule has 10 nitrogen and oxygen atoms in total. The van der Waals surface area contributed by atoms with Gasteiger partial charge in [0.25, 0.3) is 5.91 Å². The number of nitrogens with zero attached hydrogens (tertiary/aromatic N) is 4. The first-order valence-corrected chi connectivity index (χ1v) is 19.7. The number of aliphatic hydroxyl groups is 1. The van der Waals surface area contributed by atoms with Crippen molar-refractivity contribution in [2.75, 3.05) is 25.7 Å². The third-order valence-electron chi connectivity index (χ3n) is 10.8. The molecule has 62 heavy (non-hydrogen) atoms. The number of hydrogen-bond acceptors (Lipinski definition) is 8. The molecule has 2 aliphatic heterocycles. The Morgan fingerprint density at radius 1 is 0.903 bits per heavy atom. The van der Waals surface area contributed by atoms with E-state index in [1.54, 1.807) is 69.3 Å². The zero-order valence-electron chi connectivity index (χ0n) is 34.3. The van der Waals surface area contributed by atoms with E-state index >= 15 is 8.78 Å². The molecule has 0 unspecified atom stereocenters. The van der Waals surface area contributed by atoms with Crippen molar-refractivity contribution in [2.24, 2.45) is 0 Å². The first-order valence-electron chi connectivity index (χ1n) is 19.3. The molecule has 4 aromatic rings. The highest BCUT2D eigenvalue weighted by Crippen LogP contribution is 2.45. The normalized spacial score (nSPS) is 18.4. The van der Waals surface area contributed by atoms with Crippen LogP contribution in [0.3, 0.4) is 0 Å². The smallest absolute Gasteiger partial charge is 0.417 e. The Hall–Kier alpha value is -5.36. The summed E-state index contributed by atoms with van der Waals surface area (Å²) < 4.78 is 136. The van der Waals surface area contributed by atoms with Crippen molar-refractivity contribution in [2.45, 2.75) is 95.8 Å². The van der Waals surface area contributed by atoms with Crippen LogP contribution in [0.4, 0.5) is 45.6 Å². The molecule has 0 radical (unpaired) electrons. The minimum absolute atomic E-state index is 0.0601. The fraction of sp³-hybridized carbons (Fsp3) is 0.419. The van der Waals surface area contributed by atoms with Gasteiger partial charge in [-0.05, 0) is 93.6 Å². The number of rotatable bonds is 10. The van der Waals surface area contributed by atoms with Crippen molar-refractivity contribution in [1.82, 2.24) is 14.8 Å². The molecule has 4 atom stereocenters. The van der Waals surface area contributed by atoms with Crippen molar-refractivity contribution in [3.8, 4) is 22.8 Å². The van der Waals surface area contributed by atoms with Gasteiger partial charge in [-0.25, -0.2) is 18.6 Å². The van der Waals surface area contributed by atoms with Gasteiger partial charge in [-0.15, -0.1) is 0 Å². The molecular weight excluding hydrogens is 856 g/mol. The predicted octanol–water partition coefficient (Wildman–Crippen LogP) is 9.75. The van der Waals surface area contributed by atoms with E-state index in [1.807, 2.05) is 0 Å². The van der Waals surface area contributed by atoms with Gasteiger partial charge in [0.15, 0.2) is 6.10 Å². The van der Waals surface area contributed by atoms with Crippen LogP contribution in [0.2, 0.25) is 5.15 Å². The van der Waals surface area contributed by atoms with Crippen LogP contribution in [0.5, 0.6) is 11.5 Å². The van der Waals surface area contributed by atoms with E-state index in [4.69, 9.17) is 25.8 Å². The topological polar surface area (TPSA) is 105 Å². The number of pyridine rings is 1. The van der Waals surface area contributed by atoms with Gasteiger partial charge in [0.05, 0.1) is 49.2 Å². The fourth-order valence-electron chi connectivity index (χ4n) is 8.02. The number of aliphatic hydroxyl groups excluding tert-OH is 1. The van der Waals surface area contributed by atoms with Gasteiger partial charge < -0.3 is 29.1 Å². The number of likely N-dealkylation sites (tertiary alicyclic amines) is 1. The lowest BCUT2D eigenvalue weighted by atomic mass is 9.94. The van der Waals surface area contributed by atoms with E-state index in [0.29, 0.717) is 33.6 Å². The number of methoxy groups -OCH3 is 2. The van der Waals surface area contributed by atoms with Crippen LogP contribution < -0.4 is 14.4 Å². The van der Waals surface area contributed by atoms with Crippen molar-refractivity contribution in [3.05, 3.63) is 105 Å². The van der Waals surface area contributed by atoms with Gasteiger partial charge in [0.1, 0.15) is 39.6 Å². The van der Waals surface area contributed by atoms with E-state index < -0.39 is 105 Å². The van der Waals surface area contributed by atoms with Crippen molar-refractivity contribution >= 4 is 29.3 Å². The molecule has 19 heteroatoms. The number of ether oxygens (including phenoxy) is 3. The first kappa shape index (κ1) is 46.2. The highest BCUT2D eigenvalue weighted by atomic mass is 35.5. The second-order valence-electron chi connectivity index (χ2n) is 16.1. The van der Waals surface area contributed by atoms with E-state index in [0.717, 1.165) is 17.9 Å². The van der Waals surface area contributed by atoms with Gasteiger partial charge in [-0.2, -0.15) is 26.3 Å². The Labute approximate surface area is 356 Å². The molecule has 1 N–H and O–H groups in total. The highest BCUT2D eigenvalue weighted by Gasteiger charge is 2.58. The SMILES string of the molecule is COc1ccc(CN(Cc2ccc(OC)cc2)c2cc(-c3nc(Cl)c(C(=O)N4C[C@H]5CC[C@@H]([C@H]4[C@@H](O)C(F)(F)F)N5C(=O)OC(C)(C)C)cc3F)c(C(F)(F)F)c(C)c2F)cc1. The second kappa shape index (κ2) is 17.4. The van der Waals surface area contributed by atoms with E-state index in [9.17, 15) is 41.0 Å². The molecule has 334 valence electrons. The fourth-order valence-corrected chi connectivity index (χ4v) is 8.24. The number of fused-ring (bicyclic) bond motifs is 2. The van der Waals surface area contributed by atoms with E-state index in [2.05, 4.69) is 4.98 Å². The number of halogens is 9. The summed E-state index contributed by atoms with van der Waals surface area (Å²) in [6.45, 7) is 4.84. The van der Waals surface area contributed by atoms with Crippen LogP contribution in [0.1, 0.15) is 66.2 Å². The van der Waals surface area contributed by atoms with E-state index in [1.165, 1.54) is 19.1 Å². The molecule has 6 rings (SSSR count). The summed E-state index contributed by atoms with van der Waals surface area (Å²) in [5.74, 6) is -3.12. The Morgan fingerprint density at radius 2 is 1.45 bits per heavy atom. The average Bonchev–Trinajstić information content (AvgIpc) is 3.51. The Kier molecular flexibility index (Phi) is 13.0. The maximum Gasteiger partial charge on any atom is 0.417 e. The molecule has 3 heterocycles. The third kappa shape index (κ3) is 9.50. The first-order chi connectivity index (χ1) is 28.9. The standard InChI is InChI=1S/C43H43ClF8N4O6/c1-22-33(42(47,48)49)28(18-32(34(22)46)54(19-23-7-12-26(60-5)13-8-23)20-24-9-14-27(61-6)15-10-24)35-30(45)17-29(38(44)53-35)39(58)55-21-25-11-16-31(36(55)37(57)43(50,51)52)56(25)40(59)62-41(2,3)4/h7-10,12-15,17-18,25,31,36-37,57H,11,16,19-21H2,1-6H3/t25-,31+,36+,37-/m1/s1. The van der Waals surface area contributed by atoms with Gasteiger partial charge in [0.2, 0.25) is 0 Å². The highest BCUT2D eigenvalue weighted by molar-refractivity contribution is 6.32. The van der Waals surface area contributed by atoms with Gasteiger partial charge in [0, 0.05) is 25.2 Å². The van der Waals surface area contributed by atoms with Crippen molar-refractivity contribution in [1.29, 1.82) is 0 Å². The summed E-state index contributed by atoms with van der Waals surface area (Å²) in [5.41, 5.74) is -5.50. The predicted molar refractivity (Wildman–Crippen MR) is 212 cm³/mol. The molecule has 2 bridgehead atoms.